The monoisotopic (exact) mass is 308 g/mol. The van der Waals surface area contributed by atoms with Gasteiger partial charge in [-0.1, -0.05) is 6.07 Å². The summed E-state index contributed by atoms with van der Waals surface area (Å²) in [5.41, 5.74) is 0.822. The molecule has 1 aliphatic heterocycles. The summed E-state index contributed by atoms with van der Waals surface area (Å²) < 4.78 is 7.25. The number of hydrogen-bond acceptors (Lipinski definition) is 4. The van der Waals surface area contributed by atoms with Gasteiger partial charge in [-0.25, -0.2) is 0 Å². The number of pyridine rings is 1. The summed E-state index contributed by atoms with van der Waals surface area (Å²) in [6.45, 7) is 5.24. The minimum atomic E-state index is -0.974. The second kappa shape index (κ2) is 5.03. The Kier molecular flexibility index (Phi) is 3.26. The standard InChI is InChI=1S/C18H16N2O3/c1-11-12(10-19)7-8-13-15(11)16(17(22)18(2,3)23-13)20-9-5-4-6-14(20)21/h4-9,22H,1-3H3. The minimum absolute atomic E-state index is 0.0449. The summed E-state index contributed by atoms with van der Waals surface area (Å²) in [5.74, 6) is 0.492. The molecule has 2 heterocycles. The molecule has 3 rings (SSSR count). The van der Waals surface area contributed by atoms with E-state index in [0.29, 0.717) is 28.1 Å². The predicted molar refractivity (Wildman–Crippen MR) is 86.2 cm³/mol. The first-order chi connectivity index (χ1) is 10.9. The summed E-state index contributed by atoms with van der Waals surface area (Å²) in [6, 6.07) is 10.3. The summed E-state index contributed by atoms with van der Waals surface area (Å²) in [6.07, 6.45) is 1.59. The van der Waals surface area contributed by atoms with Crippen molar-refractivity contribution in [3.05, 3.63) is 69.3 Å². The summed E-state index contributed by atoms with van der Waals surface area (Å²) in [7, 11) is 0. The van der Waals surface area contributed by atoms with Gasteiger partial charge in [0.25, 0.3) is 5.56 Å². The zero-order valence-corrected chi connectivity index (χ0v) is 13.1. The Labute approximate surface area is 133 Å². The van der Waals surface area contributed by atoms with E-state index in [9.17, 15) is 15.2 Å². The lowest BCUT2D eigenvalue weighted by molar-refractivity contribution is 0.0908. The molecule has 0 radical (unpaired) electrons. The Hall–Kier alpha value is -3.00. The zero-order valence-electron chi connectivity index (χ0n) is 13.1. The van der Waals surface area contributed by atoms with Gasteiger partial charge in [-0.05, 0) is 44.5 Å². The molecule has 0 unspecified atom stereocenters. The van der Waals surface area contributed by atoms with Gasteiger partial charge in [0.15, 0.2) is 11.4 Å². The Bertz CT molecular complexity index is 930. The number of aliphatic hydroxyl groups excluding tert-OH is 1. The van der Waals surface area contributed by atoms with Gasteiger partial charge in [0, 0.05) is 17.8 Å². The van der Waals surface area contributed by atoms with Crippen molar-refractivity contribution < 1.29 is 9.84 Å². The number of rotatable bonds is 1. The highest BCUT2D eigenvalue weighted by Crippen LogP contribution is 2.42. The fraction of sp³-hybridized carbons (Fsp3) is 0.222. The Balaban J connectivity index is 2.44. The van der Waals surface area contributed by atoms with Crippen molar-refractivity contribution in [2.75, 3.05) is 0 Å². The van der Waals surface area contributed by atoms with Crippen LogP contribution in [-0.4, -0.2) is 15.3 Å². The molecule has 1 aliphatic rings. The van der Waals surface area contributed by atoms with E-state index in [0.717, 1.165) is 0 Å². The SMILES string of the molecule is Cc1c(C#N)ccc2c1C(n1ccccc1=O)=C(O)C(C)(C)O2. The van der Waals surface area contributed by atoms with E-state index in [1.807, 2.05) is 0 Å². The first-order valence-electron chi connectivity index (χ1n) is 7.21. The molecule has 0 spiro atoms. The van der Waals surface area contributed by atoms with Gasteiger partial charge in [-0.3, -0.25) is 9.36 Å². The van der Waals surface area contributed by atoms with Crippen LogP contribution in [0.5, 0.6) is 5.75 Å². The molecule has 0 saturated carbocycles. The molecule has 0 atom stereocenters. The quantitative estimate of drug-likeness (QED) is 0.878. The highest BCUT2D eigenvalue weighted by atomic mass is 16.5. The van der Waals surface area contributed by atoms with Crippen molar-refractivity contribution in [3.63, 3.8) is 0 Å². The van der Waals surface area contributed by atoms with E-state index in [-0.39, 0.29) is 11.3 Å². The third-order valence-corrected chi connectivity index (χ3v) is 4.01. The highest BCUT2D eigenvalue weighted by molar-refractivity contribution is 5.78. The summed E-state index contributed by atoms with van der Waals surface area (Å²) >= 11 is 0. The van der Waals surface area contributed by atoms with Gasteiger partial charge in [0.2, 0.25) is 0 Å². The number of nitrogens with zero attached hydrogens (tertiary/aromatic N) is 2. The van der Waals surface area contributed by atoms with Crippen LogP contribution in [0.2, 0.25) is 0 Å². The first-order valence-corrected chi connectivity index (χ1v) is 7.21. The normalized spacial score (nSPS) is 15.6. The van der Waals surface area contributed by atoms with Crippen LogP contribution in [0, 0.1) is 18.3 Å². The maximum Gasteiger partial charge on any atom is 0.255 e. The number of ether oxygens (including phenoxy) is 1. The smallest absolute Gasteiger partial charge is 0.255 e. The fourth-order valence-electron chi connectivity index (χ4n) is 2.76. The maximum atomic E-state index is 12.3. The van der Waals surface area contributed by atoms with Gasteiger partial charge in [-0.15, -0.1) is 0 Å². The number of hydrogen-bond donors (Lipinski definition) is 1. The van der Waals surface area contributed by atoms with E-state index in [2.05, 4.69) is 6.07 Å². The maximum absolute atomic E-state index is 12.3. The van der Waals surface area contributed by atoms with E-state index >= 15 is 0 Å². The predicted octanol–water partition coefficient (Wildman–Crippen LogP) is 2.97. The van der Waals surface area contributed by atoms with Gasteiger partial charge < -0.3 is 9.84 Å². The van der Waals surface area contributed by atoms with E-state index < -0.39 is 5.60 Å². The third-order valence-electron chi connectivity index (χ3n) is 4.01. The Morgan fingerprint density at radius 2 is 2.00 bits per heavy atom. The molecular formula is C18H16N2O3. The van der Waals surface area contributed by atoms with Crippen LogP contribution in [-0.2, 0) is 0 Å². The van der Waals surface area contributed by atoms with Crippen LogP contribution in [0.1, 0.15) is 30.5 Å². The minimum Gasteiger partial charge on any atom is -0.506 e. The lowest BCUT2D eigenvalue weighted by atomic mass is 9.91. The molecule has 23 heavy (non-hydrogen) atoms. The lowest BCUT2D eigenvalue weighted by Gasteiger charge is -2.35. The molecule has 0 bridgehead atoms. The van der Waals surface area contributed by atoms with Crippen molar-refractivity contribution in [2.24, 2.45) is 0 Å². The topological polar surface area (TPSA) is 75.2 Å². The first kappa shape index (κ1) is 14.9. The van der Waals surface area contributed by atoms with Crippen molar-refractivity contribution in [3.8, 4) is 11.8 Å². The van der Waals surface area contributed by atoms with Gasteiger partial charge >= 0.3 is 0 Å². The molecule has 5 nitrogen and oxygen atoms in total. The third kappa shape index (κ3) is 2.20. The van der Waals surface area contributed by atoms with Gasteiger partial charge in [-0.2, -0.15) is 5.26 Å². The van der Waals surface area contributed by atoms with Crippen LogP contribution in [0.25, 0.3) is 5.70 Å². The molecule has 0 amide bonds. The van der Waals surface area contributed by atoms with Gasteiger partial charge in [0.1, 0.15) is 11.4 Å². The van der Waals surface area contributed by atoms with Crippen LogP contribution >= 0.6 is 0 Å². The van der Waals surface area contributed by atoms with Crippen molar-refractivity contribution in [1.29, 1.82) is 5.26 Å². The Morgan fingerprint density at radius 3 is 2.65 bits per heavy atom. The molecule has 1 aromatic carbocycles. The average Bonchev–Trinajstić information content (AvgIpc) is 2.50. The molecule has 2 aromatic rings. The molecule has 116 valence electrons. The second-order valence-electron chi connectivity index (χ2n) is 5.94. The van der Waals surface area contributed by atoms with Gasteiger partial charge in [0.05, 0.1) is 11.6 Å². The number of aliphatic hydroxyl groups is 1. The van der Waals surface area contributed by atoms with E-state index in [1.54, 1.807) is 51.2 Å². The van der Waals surface area contributed by atoms with Crippen LogP contribution in [0.15, 0.2) is 47.1 Å². The van der Waals surface area contributed by atoms with Crippen LogP contribution < -0.4 is 10.3 Å². The largest absolute Gasteiger partial charge is 0.506 e. The zero-order chi connectivity index (χ0) is 16.8. The molecule has 0 aliphatic carbocycles. The molecular weight excluding hydrogens is 292 g/mol. The fourth-order valence-corrected chi connectivity index (χ4v) is 2.76. The molecule has 1 aromatic heterocycles. The van der Waals surface area contributed by atoms with E-state index in [1.165, 1.54) is 10.6 Å². The second-order valence-corrected chi connectivity index (χ2v) is 5.94. The lowest BCUT2D eigenvalue weighted by Crippen LogP contribution is -2.37. The Morgan fingerprint density at radius 1 is 1.26 bits per heavy atom. The van der Waals surface area contributed by atoms with Crippen molar-refractivity contribution in [2.45, 2.75) is 26.4 Å². The number of fused-ring (bicyclic) bond motifs is 1. The number of benzene rings is 1. The van der Waals surface area contributed by atoms with Crippen molar-refractivity contribution >= 4 is 5.70 Å². The molecule has 0 fully saturated rings. The number of nitriles is 1. The summed E-state index contributed by atoms with van der Waals surface area (Å²) in [4.78, 5) is 12.3. The van der Waals surface area contributed by atoms with Crippen LogP contribution in [0.3, 0.4) is 0 Å². The molecule has 5 heteroatoms. The molecule has 0 saturated heterocycles. The van der Waals surface area contributed by atoms with Crippen molar-refractivity contribution in [1.82, 2.24) is 4.57 Å². The summed E-state index contributed by atoms with van der Waals surface area (Å²) in [5, 5.41) is 20.0. The number of aromatic nitrogens is 1. The van der Waals surface area contributed by atoms with E-state index in [4.69, 9.17) is 4.74 Å². The average molecular weight is 308 g/mol. The molecule has 1 N–H and O–H groups in total. The van der Waals surface area contributed by atoms with Crippen LogP contribution in [0.4, 0.5) is 0 Å². The highest BCUT2D eigenvalue weighted by Gasteiger charge is 2.37.